The summed E-state index contributed by atoms with van der Waals surface area (Å²) in [5, 5.41) is 5.29. The highest BCUT2D eigenvalue weighted by Gasteiger charge is 2.37. The molecule has 1 saturated carbocycles. The lowest BCUT2D eigenvalue weighted by atomic mass is 9.74. The third-order valence-corrected chi connectivity index (χ3v) is 6.96. The Bertz CT molecular complexity index is 904. The Morgan fingerprint density at radius 1 is 1.03 bits per heavy atom. The van der Waals surface area contributed by atoms with Crippen molar-refractivity contribution in [3.8, 4) is 0 Å². The van der Waals surface area contributed by atoms with E-state index in [0.717, 1.165) is 12.8 Å². The molecule has 3 heteroatoms. The van der Waals surface area contributed by atoms with E-state index in [-0.39, 0.29) is 0 Å². The molecule has 0 bridgehead atoms. The van der Waals surface area contributed by atoms with Crippen LogP contribution in [0.25, 0.3) is 10.9 Å². The maximum atomic E-state index is 3.93. The van der Waals surface area contributed by atoms with Gasteiger partial charge in [-0.25, -0.2) is 0 Å². The van der Waals surface area contributed by atoms with Gasteiger partial charge in [-0.2, -0.15) is 0 Å². The monoisotopic (exact) mass is 389 g/mol. The maximum Gasteiger partial charge on any atom is 0.0456 e. The summed E-state index contributed by atoms with van der Waals surface area (Å²) < 4.78 is 0. The van der Waals surface area contributed by atoms with Crippen molar-refractivity contribution < 1.29 is 0 Å². The Morgan fingerprint density at radius 2 is 1.72 bits per heavy atom. The molecular weight excluding hydrogens is 354 g/mol. The highest BCUT2D eigenvalue weighted by atomic mass is 15.1. The number of nitrogens with zero attached hydrogens (tertiary/aromatic N) is 1. The number of likely N-dealkylation sites (N-methyl/N-ethyl adjacent to an activating group) is 1. The van der Waals surface area contributed by atoms with Crippen LogP contribution >= 0.6 is 0 Å². The minimum atomic E-state index is 0.291. The molecule has 29 heavy (non-hydrogen) atoms. The fourth-order valence-corrected chi connectivity index (χ4v) is 5.17. The predicted molar refractivity (Wildman–Crippen MR) is 123 cm³/mol. The molecule has 1 aromatic heterocycles. The first-order valence-electron chi connectivity index (χ1n) is 11.1. The van der Waals surface area contributed by atoms with Crippen LogP contribution in [0.15, 0.2) is 60.8 Å². The van der Waals surface area contributed by atoms with Crippen LogP contribution in [0.1, 0.15) is 43.7 Å². The van der Waals surface area contributed by atoms with Crippen LogP contribution in [0.3, 0.4) is 0 Å². The van der Waals surface area contributed by atoms with Gasteiger partial charge in [0.05, 0.1) is 0 Å². The highest BCUT2D eigenvalue weighted by Crippen LogP contribution is 2.35. The Balaban J connectivity index is 1.34. The number of fused-ring (bicyclic) bond motifs is 1. The van der Waals surface area contributed by atoms with Crippen molar-refractivity contribution in [2.24, 2.45) is 0 Å². The lowest BCUT2D eigenvalue weighted by molar-refractivity contribution is 0.0855. The van der Waals surface area contributed by atoms with Crippen LogP contribution in [0, 0.1) is 0 Å². The van der Waals surface area contributed by atoms with Crippen LogP contribution in [0.4, 0.5) is 0 Å². The van der Waals surface area contributed by atoms with Crippen LogP contribution in [-0.2, 0) is 12.8 Å². The van der Waals surface area contributed by atoms with Gasteiger partial charge in [-0.1, -0.05) is 48.5 Å². The zero-order chi connectivity index (χ0) is 20.3. The summed E-state index contributed by atoms with van der Waals surface area (Å²) in [5.74, 6) is 0. The minimum Gasteiger partial charge on any atom is -0.361 e. The Hall–Kier alpha value is -2.10. The van der Waals surface area contributed by atoms with Gasteiger partial charge < -0.3 is 15.2 Å². The summed E-state index contributed by atoms with van der Waals surface area (Å²) in [6.07, 6.45) is 9.42. The van der Waals surface area contributed by atoms with Crippen LogP contribution < -0.4 is 5.32 Å². The van der Waals surface area contributed by atoms with Crippen molar-refractivity contribution in [3.05, 3.63) is 71.9 Å². The zero-order valence-electron chi connectivity index (χ0n) is 18.1. The molecule has 1 unspecified atom stereocenters. The third kappa shape index (κ3) is 4.57. The topological polar surface area (TPSA) is 31.1 Å². The third-order valence-electron chi connectivity index (χ3n) is 6.96. The number of benzene rings is 2. The Morgan fingerprint density at radius 3 is 2.45 bits per heavy atom. The number of nitrogens with one attached hydrogen (secondary N) is 2. The van der Waals surface area contributed by atoms with Crippen LogP contribution in [-0.4, -0.2) is 41.6 Å². The number of rotatable bonds is 7. The van der Waals surface area contributed by atoms with Gasteiger partial charge >= 0.3 is 0 Å². The van der Waals surface area contributed by atoms with E-state index in [9.17, 15) is 0 Å². The van der Waals surface area contributed by atoms with E-state index >= 15 is 0 Å². The largest absolute Gasteiger partial charge is 0.361 e. The molecule has 154 valence electrons. The van der Waals surface area contributed by atoms with Crippen molar-refractivity contribution in [1.29, 1.82) is 0 Å². The van der Waals surface area contributed by atoms with E-state index in [1.54, 1.807) is 0 Å². The summed E-state index contributed by atoms with van der Waals surface area (Å²) in [5.41, 5.74) is 4.41. The van der Waals surface area contributed by atoms with Gasteiger partial charge in [0.1, 0.15) is 0 Å². The van der Waals surface area contributed by atoms with Crippen molar-refractivity contribution in [2.75, 3.05) is 14.1 Å². The Labute approximate surface area is 175 Å². The molecule has 1 heterocycles. The minimum absolute atomic E-state index is 0.291. The number of hydrogen-bond acceptors (Lipinski definition) is 2. The zero-order valence-corrected chi connectivity index (χ0v) is 18.1. The van der Waals surface area contributed by atoms with Gasteiger partial charge in [-0.05, 0) is 76.7 Å². The molecule has 1 atom stereocenters. The molecule has 1 aliphatic carbocycles. The summed E-state index contributed by atoms with van der Waals surface area (Å²) in [6.45, 7) is 2.33. The molecule has 0 spiro atoms. The van der Waals surface area contributed by atoms with E-state index in [0.29, 0.717) is 17.6 Å². The molecule has 0 radical (unpaired) electrons. The molecule has 0 aliphatic heterocycles. The summed E-state index contributed by atoms with van der Waals surface area (Å²) >= 11 is 0. The van der Waals surface area contributed by atoms with E-state index in [4.69, 9.17) is 0 Å². The second-order valence-corrected chi connectivity index (χ2v) is 9.19. The average Bonchev–Trinajstić information content (AvgIpc) is 3.13. The van der Waals surface area contributed by atoms with Gasteiger partial charge in [-0.15, -0.1) is 0 Å². The van der Waals surface area contributed by atoms with Gasteiger partial charge in [0.2, 0.25) is 0 Å². The van der Waals surface area contributed by atoms with E-state index in [1.165, 1.54) is 47.7 Å². The Kier molecular flexibility index (Phi) is 6.07. The number of aromatic nitrogens is 1. The van der Waals surface area contributed by atoms with Gasteiger partial charge in [0.25, 0.3) is 0 Å². The number of para-hydroxylation sites is 1. The van der Waals surface area contributed by atoms with Crippen molar-refractivity contribution in [3.63, 3.8) is 0 Å². The first kappa shape index (κ1) is 20.2. The highest BCUT2D eigenvalue weighted by molar-refractivity contribution is 5.83. The normalized spacial score (nSPS) is 23.5. The van der Waals surface area contributed by atoms with Gasteiger partial charge in [0.15, 0.2) is 0 Å². The van der Waals surface area contributed by atoms with Crippen LogP contribution in [0.5, 0.6) is 0 Å². The van der Waals surface area contributed by atoms with Crippen molar-refractivity contribution >= 4 is 10.9 Å². The molecule has 2 N–H and O–H groups in total. The van der Waals surface area contributed by atoms with Gasteiger partial charge in [0, 0.05) is 34.7 Å². The van der Waals surface area contributed by atoms with Gasteiger partial charge in [-0.3, -0.25) is 0 Å². The first-order valence-corrected chi connectivity index (χ1v) is 11.1. The SMILES string of the molecule is CC(Cc1c[nH]c2ccccc12)N[C@H]1CC[C@](Cc2ccccc2)(N(C)C)CC1. The van der Waals surface area contributed by atoms with Crippen molar-refractivity contribution in [2.45, 2.75) is 63.1 Å². The molecule has 0 saturated heterocycles. The second kappa shape index (κ2) is 8.73. The summed E-state index contributed by atoms with van der Waals surface area (Å²) in [6, 6.07) is 20.7. The average molecular weight is 390 g/mol. The second-order valence-electron chi connectivity index (χ2n) is 9.19. The first-order chi connectivity index (χ1) is 14.1. The quantitative estimate of drug-likeness (QED) is 0.584. The maximum absolute atomic E-state index is 3.93. The molecule has 3 nitrogen and oxygen atoms in total. The smallest absolute Gasteiger partial charge is 0.0456 e. The fraction of sp³-hybridized carbons (Fsp3) is 0.462. The molecule has 4 rings (SSSR count). The molecule has 1 aliphatic rings. The predicted octanol–water partition coefficient (Wildman–Crippen LogP) is 5.17. The lowest BCUT2D eigenvalue weighted by Crippen LogP contribution is -2.52. The molecule has 3 aromatic rings. The van der Waals surface area contributed by atoms with E-state index < -0.39 is 0 Å². The lowest BCUT2D eigenvalue weighted by Gasteiger charge is -2.46. The molecule has 1 fully saturated rings. The van der Waals surface area contributed by atoms with E-state index in [1.807, 2.05) is 0 Å². The summed E-state index contributed by atoms with van der Waals surface area (Å²) in [4.78, 5) is 5.89. The standard InChI is InChI=1S/C26H35N3/c1-20(17-22-19-27-25-12-8-7-11-24(22)25)28-23-13-15-26(16-14-23,29(2)3)18-21-9-5-4-6-10-21/h4-12,19-20,23,27-28H,13-18H2,1-3H3/t20?,23-,26-. The fourth-order valence-electron chi connectivity index (χ4n) is 5.17. The molecular formula is C26H35N3. The molecule has 0 amide bonds. The number of H-pyrrole nitrogens is 1. The number of aromatic amines is 1. The summed E-state index contributed by atoms with van der Waals surface area (Å²) in [7, 11) is 4.52. The molecule has 2 aromatic carbocycles. The van der Waals surface area contributed by atoms with Crippen LogP contribution in [0.2, 0.25) is 0 Å². The van der Waals surface area contributed by atoms with Crippen molar-refractivity contribution in [1.82, 2.24) is 15.2 Å². The van der Waals surface area contributed by atoms with E-state index in [2.05, 4.69) is 97.0 Å². The number of hydrogen-bond donors (Lipinski definition) is 2.